The largest absolute Gasteiger partial charge is 0.444 e. The maximum absolute atomic E-state index is 12.3. The molecule has 0 saturated carbocycles. The molecule has 22 heavy (non-hydrogen) atoms. The summed E-state index contributed by atoms with van der Waals surface area (Å²) >= 11 is 0. The van der Waals surface area contributed by atoms with Crippen LogP contribution in [-0.4, -0.2) is 39.5 Å². The number of rotatable bonds is 1. The Morgan fingerprint density at radius 1 is 1.32 bits per heavy atom. The summed E-state index contributed by atoms with van der Waals surface area (Å²) in [5.41, 5.74) is 0.668. The number of nitrogens with zero attached hydrogens (tertiary/aromatic N) is 3. The molecule has 5 heteroatoms. The molecule has 1 aromatic carbocycles. The van der Waals surface area contributed by atoms with E-state index < -0.39 is 5.60 Å². The van der Waals surface area contributed by atoms with Crippen molar-refractivity contribution in [2.45, 2.75) is 45.3 Å². The van der Waals surface area contributed by atoms with Crippen molar-refractivity contribution >= 4 is 17.0 Å². The molecule has 0 aliphatic carbocycles. The van der Waals surface area contributed by atoms with Crippen molar-refractivity contribution in [2.75, 3.05) is 13.1 Å². The Balaban J connectivity index is 1.77. The van der Waals surface area contributed by atoms with Crippen molar-refractivity contribution in [2.24, 2.45) is 0 Å². The van der Waals surface area contributed by atoms with E-state index in [0.29, 0.717) is 6.54 Å². The Hall–Kier alpha value is -2.04. The van der Waals surface area contributed by atoms with E-state index in [9.17, 15) is 4.79 Å². The third kappa shape index (κ3) is 3.08. The van der Waals surface area contributed by atoms with Crippen LogP contribution in [0.2, 0.25) is 0 Å². The van der Waals surface area contributed by atoms with Crippen LogP contribution in [0.5, 0.6) is 0 Å². The predicted molar refractivity (Wildman–Crippen MR) is 85.8 cm³/mol. The Morgan fingerprint density at radius 2 is 2.09 bits per heavy atom. The summed E-state index contributed by atoms with van der Waals surface area (Å²) in [4.78, 5) is 14.1. The second-order valence-corrected chi connectivity index (χ2v) is 6.87. The number of benzene rings is 1. The van der Waals surface area contributed by atoms with Crippen LogP contribution in [-0.2, 0) is 4.74 Å². The van der Waals surface area contributed by atoms with Crippen LogP contribution in [0.1, 0.15) is 39.7 Å². The van der Waals surface area contributed by atoms with Crippen LogP contribution in [0.4, 0.5) is 4.79 Å². The number of fused-ring (bicyclic) bond motifs is 1. The molecule has 1 amide bonds. The Labute approximate surface area is 130 Å². The number of likely N-dealkylation sites (tertiary alicyclic amines) is 1. The van der Waals surface area contributed by atoms with Gasteiger partial charge in [0.15, 0.2) is 0 Å². The molecule has 0 bridgehead atoms. The average Bonchev–Trinajstić information content (AvgIpc) is 2.89. The Bertz CT molecular complexity index is 672. The van der Waals surface area contributed by atoms with Crippen LogP contribution in [0.3, 0.4) is 0 Å². The smallest absolute Gasteiger partial charge is 0.410 e. The number of aromatic nitrogens is 2. The molecule has 0 N–H and O–H groups in total. The van der Waals surface area contributed by atoms with Crippen LogP contribution in [0.25, 0.3) is 10.9 Å². The molecule has 5 nitrogen and oxygen atoms in total. The van der Waals surface area contributed by atoms with Gasteiger partial charge in [-0.3, -0.25) is 4.68 Å². The number of hydrogen-bond acceptors (Lipinski definition) is 3. The van der Waals surface area contributed by atoms with Crippen molar-refractivity contribution in [1.82, 2.24) is 14.7 Å². The molecule has 0 radical (unpaired) electrons. The summed E-state index contributed by atoms with van der Waals surface area (Å²) in [6.45, 7) is 7.10. The van der Waals surface area contributed by atoms with Gasteiger partial charge < -0.3 is 9.64 Å². The van der Waals surface area contributed by atoms with Crippen LogP contribution in [0.15, 0.2) is 30.5 Å². The second kappa shape index (κ2) is 5.63. The van der Waals surface area contributed by atoms with Gasteiger partial charge in [-0.05, 0) is 39.7 Å². The number of piperidine rings is 1. The number of ether oxygens (including phenoxy) is 1. The molecular weight excluding hydrogens is 278 g/mol. The highest BCUT2D eigenvalue weighted by Gasteiger charge is 2.29. The Kier molecular flexibility index (Phi) is 3.81. The molecule has 1 unspecified atom stereocenters. The van der Waals surface area contributed by atoms with E-state index in [1.807, 2.05) is 43.8 Å². The van der Waals surface area contributed by atoms with Crippen molar-refractivity contribution in [3.8, 4) is 0 Å². The van der Waals surface area contributed by atoms with Crippen molar-refractivity contribution in [3.05, 3.63) is 30.5 Å². The van der Waals surface area contributed by atoms with E-state index in [1.54, 1.807) is 4.90 Å². The van der Waals surface area contributed by atoms with Gasteiger partial charge in [0.1, 0.15) is 5.60 Å². The van der Waals surface area contributed by atoms with Crippen molar-refractivity contribution in [3.63, 3.8) is 0 Å². The van der Waals surface area contributed by atoms with Gasteiger partial charge in [0.2, 0.25) is 0 Å². The summed E-state index contributed by atoms with van der Waals surface area (Å²) in [6.07, 6.45) is 3.67. The van der Waals surface area contributed by atoms with Gasteiger partial charge in [-0.2, -0.15) is 5.10 Å². The quantitative estimate of drug-likeness (QED) is 0.808. The first-order valence-electron chi connectivity index (χ1n) is 7.84. The lowest BCUT2D eigenvalue weighted by Gasteiger charge is -2.34. The molecule has 1 aliphatic heterocycles. The molecular formula is C17H23N3O2. The minimum absolute atomic E-state index is 0.209. The highest BCUT2D eigenvalue weighted by atomic mass is 16.6. The highest BCUT2D eigenvalue weighted by molar-refractivity contribution is 5.78. The lowest BCUT2D eigenvalue weighted by Crippen LogP contribution is -2.43. The minimum atomic E-state index is -0.456. The number of amides is 1. The summed E-state index contributed by atoms with van der Waals surface area (Å²) in [6, 6.07) is 8.39. The lowest BCUT2D eigenvalue weighted by atomic mass is 10.1. The van der Waals surface area contributed by atoms with E-state index in [1.165, 1.54) is 0 Å². The molecule has 2 heterocycles. The first-order valence-corrected chi connectivity index (χ1v) is 7.84. The first kappa shape index (κ1) is 14.9. The van der Waals surface area contributed by atoms with Gasteiger partial charge >= 0.3 is 6.09 Å². The zero-order valence-corrected chi connectivity index (χ0v) is 13.5. The fourth-order valence-electron chi connectivity index (χ4n) is 2.93. The maximum Gasteiger partial charge on any atom is 0.410 e. The number of carbonyl (C=O) groups is 1. The van der Waals surface area contributed by atoms with Gasteiger partial charge in [-0.15, -0.1) is 0 Å². The lowest BCUT2D eigenvalue weighted by molar-refractivity contribution is 0.0169. The number of para-hydroxylation sites is 1. The van der Waals surface area contributed by atoms with Crippen LogP contribution in [0, 0.1) is 0 Å². The first-order chi connectivity index (χ1) is 10.4. The van der Waals surface area contributed by atoms with Crippen molar-refractivity contribution < 1.29 is 9.53 Å². The van der Waals surface area contributed by atoms with E-state index in [4.69, 9.17) is 4.74 Å². The standard InChI is InChI=1S/C17H23N3O2/c1-17(2,3)22-16(21)19-10-6-8-14(12-19)20-15-9-5-4-7-13(15)11-18-20/h4-5,7,9,11,14H,6,8,10,12H2,1-3H3. The zero-order chi connectivity index (χ0) is 15.7. The van der Waals surface area contributed by atoms with Gasteiger partial charge in [0, 0.05) is 18.5 Å². The predicted octanol–water partition coefficient (Wildman–Crippen LogP) is 3.61. The van der Waals surface area contributed by atoms with Gasteiger partial charge in [0.05, 0.1) is 17.8 Å². The fourth-order valence-corrected chi connectivity index (χ4v) is 2.93. The van der Waals surface area contributed by atoms with Crippen molar-refractivity contribution in [1.29, 1.82) is 0 Å². The second-order valence-electron chi connectivity index (χ2n) is 6.87. The third-order valence-corrected chi connectivity index (χ3v) is 3.90. The summed E-state index contributed by atoms with van der Waals surface area (Å²) in [7, 11) is 0. The van der Waals surface area contributed by atoms with Crippen LogP contribution < -0.4 is 0 Å². The fraction of sp³-hybridized carbons (Fsp3) is 0.529. The topological polar surface area (TPSA) is 47.4 Å². The van der Waals surface area contributed by atoms with Gasteiger partial charge in [-0.25, -0.2) is 4.79 Å². The number of hydrogen-bond donors (Lipinski definition) is 0. The average molecular weight is 301 g/mol. The van der Waals surface area contributed by atoms with E-state index in [2.05, 4.69) is 17.2 Å². The Morgan fingerprint density at radius 3 is 2.86 bits per heavy atom. The molecule has 1 saturated heterocycles. The molecule has 1 atom stereocenters. The minimum Gasteiger partial charge on any atom is -0.444 e. The highest BCUT2D eigenvalue weighted by Crippen LogP contribution is 2.26. The molecule has 3 rings (SSSR count). The van der Waals surface area contributed by atoms with Crippen LogP contribution >= 0.6 is 0 Å². The third-order valence-electron chi connectivity index (χ3n) is 3.90. The monoisotopic (exact) mass is 301 g/mol. The number of carbonyl (C=O) groups excluding carboxylic acids is 1. The molecule has 0 spiro atoms. The van der Waals surface area contributed by atoms with Gasteiger partial charge in [-0.1, -0.05) is 18.2 Å². The molecule has 2 aromatic rings. The van der Waals surface area contributed by atoms with E-state index in [-0.39, 0.29) is 12.1 Å². The molecule has 118 valence electrons. The SMILES string of the molecule is CC(C)(C)OC(=O)N1CCCC(n2ncc3ccccc32)C1. The van der Waals surface area contributed by atoms with E-state index >= 15 is 0 Å². The summed E-state index contributed by atoms with van der Waals surface area (Å²) in [5.74, 6) is 0. The van der Waals surface area contributed by atoms with E-state index in [0.717, 1.165) is 30.3 Å². The zero-order valence-electron chi connectivity index (χ0n) is 13.5. The molecule has 1 aliphatic rings. The molecule has 1 aromatic heterocycles. The molecule has 1 fully saturated rings. The summed E-state index contributed by atoms with van der Waals surface area (Å²) < 4.78 is 7.54. The summed E-state index contributed by atoms with van der Waals surface area (Å²) in [5, 5.41) is 5.66. The maximum atomic E-state index is 12.3. The normalized spacial score (nSPS) is 19.4. The van der Waals surface area contributed by atoms with Gasteiger partial charge in [0.25, 0.3) is 0 Å².